The lowest BCUT2D eigenvalue weighted by Crippen LogP contribution is -2.26. The molecule has 0 radical (unpaired) electrons. The fraction of sp³-hybridized carbons (Fsp3) is 0.600. The van der Waals surface area contributed by atoms with Gasteiger partial charge in [0.1, 0.15) is 0 Å². The van der Waals surface area contributed by atoms with Crippen LogP contribution in [0.25, 0.3) is 0 Å². The number of nitrogens with one attached hydrogen (secondary N) is 1. The smallest absolute Gasteiger partial charge is 0.379 e. The quantitative estimate of drug-likeness (QED) is 0.725. The van der Waals surface area contributed by atoms with Crippen molar-refractivity contribution in [1.29, 1.82) is 0 Å². The predicted octanol–water partition coefficient (Wildman–Crippen LogP) is 4.17. The maximum atomic E-state index is 12.7. The Morgan fingerprint density at radius 1 is 1.25 bits per heavy atom. The predicted molar refractivity (Wildman–Crippen MR) is 73.6 cm³/mol. The number of likely N-dealkylation sites (N-methyl/N-ethyl adjacent to an activating group) is 1. The second-order valence-corrected chi connectivity index (χ2v) is 4.66. The standard InChI is InChI=1S/C15H22F3NO/c1-3-5-9-20-11-14(19-4-2)12-7-6-8-13(10-12)15(16,17)18/h6-8,10,14,19H,3-5,9,11H2,1-2H3. The van der Waals surface area contributed by atoms with Crippen LogP contribution >= 0.6 is 0 Å². The summed E-state index contributed by atoms with van der Waals surface area (Å²) >= 11 is 0. The number of alkyl halides is 3. The summed E-state index contributed by atoms with van der Waals surface area (Å²) in [5.74, 6) is 0. The van der Waals surface area contributed by atoms with Crippen molar-refractivity contribution in [2.45, 2.75) is 38.9 Å². The summed E-state index contributed by atoms with van der Waals surface area (Å²) in [5.41, 5.74) is -0.00960. The topological polar surface area (TPSA) is 21.3 Å². The monoisotopic (exact) mass is 289 g/mol. The lowest BCUT2D eigenvalue weighted by Gasteiger charge is -2.19. The van der Waals surface area contributed by atoms with Gasteiger partial charge >= 0.3 is 6.18 Å². The van der Waals surface area contributed by atoms with Crippen molar-refractivity contribution in [3.63, 3.8) is 0 Å². The zero-order valence-corrected chi connectivity index (χ0v) is 12.0. The molecule has 0 aliphatic carbocycles. The maximum absolute atomic E-state index is 12.7. The molecular weight excluding hydrogens is 267 g/mol. The Bertz CT molecular complexity index is 393. The zero-order valence-electron chi connectivity index (χ0n) is 12.0. The van der Waals surface area contributed by atoms with E-state index in [1.54, 1.807) is 6.07 Å². The number of ether oxygens (including phenoxy) is 1. The molecule has 1 aromatic rings. The third-order valence-corrected chi connectivity index (χ3v) is 2.99. The largest absolute Gasteiger partial charge is 0.416 e. The molecule has 0 saturated carbocycles. The summed E-state index contributed by atoms with van der Waals surface area (Å²) in [6.45, 7) is 5.69. The Balaban J connectivity index is 2.75. The minimum absolute atomic E-state index is 0.209. The van der Waals surface area contributed by atoms with Gasteiger partial charge in [0.25, 0.3) is 0 Å². The summed E-state index contributed by atoms with van der Waals surface area (Å²) in [5, 5.41) is 3.16. The van der Waals surface area contributed by atoms with Gasteiger partial charge in [-0.2, -0.15) is 13.2 Å². The van der Waals surface area contributed by atoms with Gasteiger partial charge in [-0.15, -0.1) is 0 Å². The molecule has 20 heavy (non-hydrogen) atoms. The highest BCUT2D eigenvalue weighted by atomic mass is 19.4. The number of hydrogen-bond acceptors (Lipinski definition) is 2. The van der Waals surface area contributed by atoms with E-state index in [1.807, 2.05) is 6.92 Å². The van der Waals surface area contributed by atoms with E-state index in [0.717, 1.165) is 18.9 Å². The van der Waals surface area contributed by atoms with Crippen LogP contribution in [-0.2, 0) is 10.9 Å². The maximum Gasteiger partial charge on any atom is 0.416 e. The molecule has 1 atom stereocenters. The molecule has 1 N–H and O–H groups in total. The van der Waals surface area contributed by atoms with Crippen LogP contribution in [0.3, 0.4) is 0 Å². The van der Waals surface area contributed by atoms with Crippen molar-refractivity contribution in [2.24, 2.45) is 0 Å². The van der Waals surface area contributed by atoms with Crippen molar-refractivity contribution < 1.29 is 17.9 Å². The fourth-order valence-corrected chi connectivity index (χ4v) is 1.90. The van der Waals surface area contributed by atoms with Gasteiger partial charge < -0.3 is 10.1 Å². The van der Waals surface area contributed by atoms with Crippen molar-refractivity contribution in [3.05, 3.63) is 35.4 Å². The van der Waals surface area contributed by atoms with Crippen LogP contribution in [-0.4, -0.2) is 19.8 Å². The first-order chi connectivity index (χ1) is 9.49. The Hall–Kier alpha value is -1.07. The van der Waals surface area contributed by atoms with E-state index in [4.69, 9.17) is 4.74 Å². The van der Waals surface area contributed by atoms with E-state index in [1.165, 1.54) is 12.1 Å². The van der Waals surface area contributed by atoms with E-state index >= 15 is 0 Å². The Kier molecular flexibility index (Phi) is 7.02. The highest BCUT2D eigenvalue weighted by molar-refractivity contribution is 5.28. The van der Waals surface area contributed by atoms with Crippen molar-refractivity contribution in [1.82, 2.24) is 5.32 Å². The minimum Gasteiger partial charge on any atom is -0.379 e. The molecule has 0 aromatic heterocycles. The zero-order chi connectivity index (χ0) is 15.0. The lowest BCUT2D eigenvalue weighted by atomic mass is 10.0. The summed E-state index contributed by atoms with van der Waals surface area (Å²) in [7, 11) is 0. The molecule has 1 rings (SSSR count). The normalized spacial score (nSPS) is 13.4. The van der Waals surface area contributed by atoms with Gasteiger partial charge in [0.15, 0.2) is 0 Å². The molecule has 2 nitrogen and oxygen atoms in total. The number of unbranched alkanes of at least 4 members (excludes halogenated alkanes) is 1. The average Bonchev–Trinajstić information content (AvgIpc) is 2.41. The Morgan fingerprint density at radius 3 is 2.60 bits per heavy atom. The second kappa shape index (κ2) is 8.27. The van der Waals surface area contributed by atoms with Crippen molar-refractivity contribution in [3.8, 4) is 0 Å². The average molecular weight is 289 g/mol. The van der Waals surface area contributed by atoms with Crippen LogP contribution < -0.4 is 5.32 Å². The van der Waals surface area contributed by atoms with E-state index in [0.29, 0.717) is 25.3 Å². The Morgan fingerprint density at radius 2 is 2.00 bits per heavy atom. The third kappa shape index (κ3) is 5.51. The Labute approximate surface area is 118 Å². The number of hydrogen-bond donors (Lipinski definition) is 1. The highest BCUT2D eigenvalue weighted by Crippen LogP contribution is 2.30. The number of benzene rings is 1. The van der Waals surface area contributed by atoms with E-state index < -0.39 is 11.7 Å². The van der Waals surface area contributed by atoms with E-state index in [2.05, 4.69) is 12.2 Å². The van der Waals surface area contributed by atoms with Gasteiger partial charge in [-0.1, -0.05) is 32.4 Å². The molecule has 0 fully saturated rings. The fourth-order valence-electron chi connectivity index (χ4n) is 1.90. The van der Waals surface area contributed by atoms with Gasteiger partial charge in [-0.05, 0) is 30.7 Å². The summed E-state index contributed by atoms with van der Waals surface area (Å²) < 4.78 is 43.7. The molecule has 1 unspecified atom stereocenters. The van der Waals surface area contributed by atoms with Crippen molar-refractivity contribution in [2.75, 3.05) is 19.8 Å². The third-order valence-electron chi connectivity index (χ3n) is 2.99. The molecule has 0 bridgehead atoms. The first kappa shape index (κ1) is 17.0. The summed E-state index contributed by atoms with van der Waals surface area (Å²) in [6.07, 6.45) is -2.31. The van der Waals surface area contributed by atoms with Gasteiger partial charge in [-0.3, -0.25) is 0 Å². The first-order valence-electron chi connectivity index (χ1n) is 6.97. The van der Waals surface area contributed by atoms with Gasteiger partial charge in [0.05, 0.1) is 18.2 Å². The molecule has 0 saturated heterocycles. The van der Waals surface area contributed by atoms with Crippen LogP contribution in [0.2, 0.25) is 0 Å². The van der Waals surface area contributed by atoms with Gasteiger partial charge in [0.2, 0.25) is 0 Å². The summed E-state index contributed by atoms with van der Waals surface area (Å²) in [6, 6.07) is 5.21. The van der Waals surface area contributed by atoms with Crippen LogP contribution in [0.5, 0.6) is 0 Å². The first-order valence-corrected chi connectivity index (χ1v) is 6.97. The molecule has 0 spiro atoms. The number of rotatable bonds is 8. The molecule has 0 aliphatic rings. The minimum atomic E-state index is -4.31. The molecule has 114 valence electrons. The van der Waals surface area contributed by atoms with Crippen LogP contribution in [0.1, 0.15) is 43.9 Å². The van der Waals surface area contributed by atoms with Crippen molar-refractivity contribution >= 4 is 0 Å². The lowest BCUT2D eigenvalue weighted by molar-refractivity contribution is -0.137. The molecular formula is C15H22F3NO. The molecule has 0 aliphatic heterocycles. The molecule has 0 heterocycles. The van der Waals surface area contributed by atoms with Gasteiger partial charge in [-0.25, -0.2) is 0 Å². The van der Waals surface area contributed by atoms with E-state index in [-0.39, 0.29) is 6.04 Å². The van der Waals surface area contributed by atoms with Gasteiger partial charge in [0, 0.05) is 6.61 Å². The van der Waals surface area contributed by atoms with Crippen LogP contribution in [0.4, 0.5) is 13.2 Å². The number of halogens is 3. The van der Waals surface area contributed by atoms with E-state index in [9.17, 15) is 13.2 Å². The SMILES string of the molecule is CCCCOCC(NCC)c1cccc(C(F)(F)F)c1. The summed E-state index contributed by atoms with van der Waals surface area (Å²) in [4.78, 5) is 0. The molecule has 1 aromatic carbocycles. The second-order valence-electron chi connectivity index (χ2n) is 4.66. The van der Waals surface area contributed by atoms with Crippen LogP contribution in [0, 0.1) is 0 Å². The molecule has 0 amide bonds. The highest BCUT2D eigenvalue weighted by Gasteiger charge is 2.30. The van der Waals surface area contributed by atoms with Crippen LogP contribution in [0.15, 0.2) is 24.3 Å². The molecule has 5 heteroatoms.